The van der Waals surface area contributed by atoms with Gasteiger partial charge in [-0.3, -0.25) is 4.57 Å². The molecule has 1 N–H and O–H groups in total. The lowest BCUT2D eigenvalue weighted by atomic mass is 10.0. The zero-order valence-corrected chi connectivity index (χ0v) is 40.3. The smallest absolute Gasteiger partial charge is 0.138 e. The molecule has 0 aliphatic heterocycles. The third-order valence-electron chi connectivity index (χ3n) is 12.6. The number of halogens is 1. The summed E-state index contributed by atoms with van der Waals surface area (Å²) < 4.78 is 5.84. The van der Waals surface area contributed by atoms with Crippen LogP contribution in [0.3, 0.4) is 0 Å². The Bertz CT molecular complexity index is 3970. The van der Waals surface area contributed by atoms with Crippen LogP contribution in [0, 0.1) is 0 Å². The number of rotatable bonds is 5. The molecule has 0 fully saturated rings. The van der Waals surface area contributed by atoms with Gasteiger partial charge in [-0.25, -0.2) is 9.97 Å². The molecule has 4 nitrogen and oxygen atoms in total. The average molecular weight is 986 g/mol. The largest absolute Gasteiger partial charge is 0.354 e. The van der Waals surface area contributed by atoms with E-state index in [9.17, 15) is 0 Å². The van der Waals surface area contributed by atoms with Gasteiger partial charge >= 0.3 is 0 Å². The van der Waals surface area contributed by atoms with Crippen molar-refractivity contribution in [2.75, 3.05) is 0 Å². The summed E-state index contributed by atoms with van der Waals surface area (Å²) in [5.41, 5.74) is 13.8. The first-order chi connectivity index (χ1) is 34.1. The van der Waals surface area contributed by atoms with Gasteiger partial charge < -0.3 is 4.98 Å². The highest BCUT2D eigenvalue weighted by atomic mass is 79.9. The van der Waals surface area contributed by atoms with Crippen molar-refractivity contribution in [3.63, 3.8) is 0 Å². The SMILES string of the molecule is Brc1cc(-c2ccccc2)cc(-c2ccccc2)n1.c1ccc(-c2cc(-c3ccccc3)nc(-n3c4ccccc4c4ccc5sccc5c43)c2)cc1.c1ccc2c(c1)[nH]c1c3ccsc3ccc21. The van der Waals surface area contributed by atoms with Crippen LogP contribution in [-0.2, 0) is 0 Å². The number of nitrogens with zero attached hydrogens (tertiary/aromatic N) is 3. The number of nitrogens with one attached hydrogen (secondary N) is 1. The van der Waals surface area contributed by atoms with Crippen LogP contribution in [-0.4, -0.2) is 19.5 Å². The maximum atomic E-state index is 5.23. The van der Waals surface area contributed by atoms with Crippen LogP contribution < -0.4 is 0 Å². The van der Waals surface area contributed by atoms with E-state index >= 15 is 0 Å². The number of thiophene rings is 2. The second kappa shape index (κ2) is 18.6. The number of hydrogen-bond donors (Lipinski definition) is 1. The zero-order valence-electron chi connectivity index (χ0n) is 37.1. The average Bonchev–Trinajstić information content (AvgIpc) is 4.24. The third-order valence-corrected chi connectivity index (χ3v) is 14.7. The van der Waals surface area contributed by atoms with Crippen LogP contribution in [0.15, 0.2) is 246 Å². The van der Waals surface area contributed by atoms with Crippen LogP contribution in [0.2, 0.25) is 0 Å². The van der Waals surface area contributed by atoms with Gasteiger partial charge in [0.25, 0.3) is 0 Å². The van der Waals surface area contributed by atoms with Gasteiger partial charge in [-0.1, -0.05) is 170 Å². The molecule has 0 saturated heterocycles. The van der Waals surface area contributed by atoms with Gasteiger partial charge in [0.1, 0.15) is 10.4 Å². The normalized spacial score (nSPS) is 11.3. The fourth-order valence-corrected chi connectivity index (χ4v) is 11.4. The number of aromatic nitrogens is 4. The number of para-hydroxylation sites is 2. The first-order valence-electron chi connectivity index (χ1n) is 22.8. The predicted molar refractivity (Wildman–Crippen MR) is 299 cm³/mol. The van der Waals surface area contributed by atoms with E-state index in [0.29, 0.717) is 0 Å². The molecule has 0 saturated carbocycles. The van der Waals surface area contributed by atoms with Crippen molar-refractivity contribution in [3.8, 4) is 50.6 Å². The highest BCUT2D eigenvalue weighted by Gasteiger charge is 2.18. The number of hydrogen-bond acceptors (Lipinski definition) is 4. The molecule has 0 atom stereocenters. The Hall–Kier alpha value is -7.94. The van der Waals surface area contributed by atoms with Crippen LogP contribution in [0.1, 0.15) is 0 Å². The summed E-state index contributed by atoms with van der Waals surface area (Å²) in [6.45, 7) is 0. The van der Waals surface area contributed by atoms with Crippen molar-refractivity contribution in [1.82, 2.24) is 19.5 Å². The van der Waals surface area contributed by atoms with E-state index in [-0.39, 0.29) is 0 Å². The highest BCUT2D eigenvalue weighted by molar-refractivity contribution is 9.10. The van der Waals surface area contributed by atoms with Gasteiger partial charge in [0.05, 0.1) is 27.9 Å². The predicted octanol–water partition coefficient (Wildman–Crippen LogP) is 18.4. The Kier molecular flexibility index (Phi) is 11.4. The topological polar surface area (TPSA) is 46.5 Å². The number of fused-ring (bicyclic) bond motifs is 10. The zero-order chi connectivity index (χ0) is 46.1. The van der Waals surface area contributed by atoms with Gasteiger partial charge in [-0.05, 0) is 110 Å². The number of aromatic amines is 1. The molecule has 8 aromatic carbocycles. The third kappa shape index (κ3) is 8.31. The Morgan fingerprint density at radius 3 is 1.54 bits per heavy atom. The van der Waals surface area contributed by atoms with E-state index in [1.54, 1.807) is 22.7 Å². The molecule has 14 rings (SSSR count). The summed E-state index contributed by atoms with van der Waals surface area (Å²) >= 11 is 7.07. The van der Waals surface area contributed by atoms with Gasteiger partial charge in [0.2, 0.25) is 0 Å². The fourth-order valence-electron chi connectivity index (χ4n) is 9.34. The van der Waals surface area contributed by atoms with E-state index in [1.807, 2.05) is 48.5 Å². The summed E-state index contributed by atoms with van der Waals surface area (Å²) in [5, 5.41) is 12.1. The van der Waals surface area contributed by atoms with Crippen molar-refractivity contribution in [3.05, 3.63) is 246 Å². The second-order valence-corrected chi connectivity index (χ2v) is 19.5. The summed E-state index contributed by atoms with van der Waals surface area (Å²) in [6, 6.07) is 80.6. The molecule has 6 heterocycles. The minimum atomic E-state index is 0.854. The van der Waals surface area contributed by atoms with Gasteiger partial charge in [-0.15, -0.1) is 22.7 Å². The summed E-state index contributed by atoms with van der Waals surface area (Å²) in [7, 11) is 0. The lowest BCUT2D eigenvalue weighted by Crippen LogP contribution is -2.00. The molecule has 0 spiro atoms. The molecular formula is C62H41BrN4S2. The molecule has 14 aromatic rings. The maximum Gasteiger partial charge on any atom is 0.138 e. The number of benzene rings is 8. The van der Waals surface area contributed by atoms with Crippen molar-refractivity contribution >= 4 is 102 Å². The van der Waals surface area contributed by atoms with Crippen molar-refractivity contribution in [1.29, 1.82) is 0 Å². The molecule has 0 aliphatic rings. The monoisotopic (exact) mass is 984 g/mol. The molecule has 0 unspecified atom stereocenters. The lowest BCUT2D eigenvalue weighted by molar-refractivity contribution is 1.09. The van der Waals surface area contributed by atoms with Crippen LogP contribution in [0.25, 0.3) is 114 Å². The molecule has 0 radical (unpaired) electrons. The quantitative estimate of drug-likeness (QED) is 0.175. The standard InChI is InChI=1S/C31H20N2S.C17H12BrN.C14H9NS/c1-3-9-21(10-4-1)23-19-27(22-11-5-2-6-12-22)32-30(20-23)33-28-14-8-7-13-24(28)25-15-16-29-26(31(25)33)17-18-34-29;18-17-12-15(13-7-3-1-4-8-13)11-16(19-17)14-9-5-2-6-10-14;1-2-4-12-9(3-1)10-5-6-13-11(7-8-16-13)14(10)15-12/h1-20H;1-12H;1-8,15H. The molecular weight excluding hydrogens is 945 g/mol. The molecule has 6 aromatic heterocycles. The first kappa shape index (κ1) is 42.4. The van der Waals surface area contributed by atoms with Crippen molar-refractivity contribution in [2.45, 2.75) is 0 Å². The summed E-state index contributed by atoms with van der Waals surface area (Å²) in [5.74, 6) is 0.935. The Labute approximate surface area is 415 Å². The summed E-state index contributed by atoms with van der Waals surface area (Å²) in [4.78, 5) is 13.3. The second-order valence-electron chi connectivity index (χ2n) is 16.8. The molecule has 328 valence electrons. The van der Waals surface area contributed by atoms with Crippen molar-refractivity contribution in [2.24, 2.45) is 0 Å². The molecule has 7 heteroatoms. The van der Waals surface area contributed by atoms with E-state index in [0.717, 1.165) is 38.5 Å². The van der Waals surface area contributed by atoms with Crippen LogP contribution >= 0.6 is 38.6 Å². The van der Waals surface area contributed by atoms with Crippen molar-refractivity contribution < 1.29 is 0 Å². The Morgan fingerprint density at radius 2 is 0.884 bits per heavy atom. The molecule has 0 aliphatic carbocycles. The minimum Gasteiger partial charge on any atom is -0.354 e. The Balaban J connectivity index is 0.000000118. The van der Waals surface area contributed by atoms with E-state index in [1.165, 1.54) is 80.5 Å². The molecule has 69 heavy (non-hydrogen) atoms. The summed E-state index contributed by atoms with van der Waals surface area (Å²) in [6.07, 6.45) is 0. The number of pyridine rings is 2. The van der Waals surface area contributed by atoms with Gasteiger partial charge in [-0.2, -0.15) is 0 Å². The van der Waals surface area contributed by atoms with Crippen LogP contribution in [0.5, 0.6) is 0 Å². The lowest BCUT2D eigenvalue weighted by Gasteiger charge is -2.13. The van der Waals surface area contributed by atoms with Gasteiger partial charge in [0.15, 0.2) is 0 Å². The molecule has 0 bridgehead atoms. The fraction of sp³-hybridized carbons (Fsp3) is 0. The molecule has 0 amide bonds. The van der Waals surface area contributed by atoms with E-state index in [2.05, 4.69) is 223 Å². The van der Waals surface area contributed by atoms with E-state index < -0.39 is 0 Å². The minimum absolute atomic E-state index is 0.854. The number of H-pyrrole nitrogens is 1. The van der Waals surface area contributed by atoms with Gasteiger partial charge in [0, 0.05) is 58.4 Å². The maximum absolute atomic E-state index is 5.23. The first-order valence-corrected chi connectivity index (χ1v) is 25.4. The highest BCUT2D eigenvalue weighted by Crippen LogP contribution is 2.39. The van der Waals surface area contributed by atoms with Crippen LogP contribution in [0.4, 0.5) is 0 Å². The van der Waals surface area contributed by atoms with E-state index in [4.69, 9.17) is 4.98 Å². The Morgan fingerprint density at radius 1 is 0.377 bits per heavy atom.